The quantitative estimate of drug-likeness (QED) is 0.365. The molecule has 0 atom stereocenters. The molecule has 0 saturated heterocycles. The Morgan fingerprint density at radius 1 is 1.07 bits per heavy atom. The summed E-state index contributed by atoms with van der Waals surface area (Å²) in [4.78, 5) is 0. The fourth-order valence-electron chi connectivity index (χ4n) is 4.28. The third-order valence-corrected chi connectivity index (χ3v) is 5.66. The standard InChI is InChI=1S/C18H15.C9H13.Zr/c1-2-6-13(7-3-1)18-16-10-4-8-14(16)12-15-9-5-11-17(15)18;1-2-3-6-9-7-4-5-8-9;/h1-4,6-8,10,12H,5,9,11H2;7-8H,2-4,6H2,1H3;/q2*-1;+2. The van der Waals surface area contributed by atoms with E-state index in [-0.39, 0.29) is 26.2 Å². The summed E-state index contributed by atoms with van der Waals surface area (Å²) in [5, 5.41) is 2.82. The van der Waals surface area contributed by atoms with Crippen molar-refractivity contribution in [3.05, 3.63) is 89.5 Å². The van der Waals surface area contributed by atoms with E-state index >= 15 is 0 Å². The van der Waals surface area contributed by atoms with Crippen LogP contribution in [0.25, 0.3) is 21.9 Å². The first-order chi connectivity index (χ1) is 13.4. The van der Waals surface area contributed by atoms with Gasteiger partial charge < -0.3 is 0 Å². The first-order valence-corrected chi connectivity index (χ1v) is 10.4. The van der Waals surface area contributed by atoms with Crippen LogP contribution in [0.5, 0.6) is 0 Å². The number of rotatable bonds is 4. The van der Waals surface area contributed by atoms with Crippen molar-refractivity contribution in [2.75, 3.05) is 0 Å². The van der Waals surface area contributed by atoms with E-state index in [4.69, 9.17) is 0 Å². The van der Waals surface area contributed by atoms with Crippen molar-refractivity contribution >= 4 is 10.8 Å². The third kappa shape index (κ3) is 4.69. The molecule has 0 N–H and O–H groups in total. The van der Waals surface area contributed by atoms with Gasteiger partial charge in [-0.2, -0.15) is 18.2 Å². The summed E-state index contributed by atoms with van der Waals surface area (Å²) in [6.45, 7) is 2.23. The Balaban J connectivity index is 0.000000193. The van der Waals surface area contributed by atoms with Crippen molar-refractivity contribution in [3.8, 4) is 11.1 Å². The molecular formula is C27H28Zr. The molecule has 140 valence electrons. The maximum atomic E-state index is 3.16. The van der Waals surface area contributed by atoms with E-state index in [1.54, 1.807) is 11.1 Å². The normalized spacial score (nSPS) is 14.2. The van der Waals surface area contributed by atoms with E-state index in [9.17, 15) is 0 Å². The molecule has 3 aromatic carbocycles. The van der Waals surface area contributed by atoms with E-state index in [1.165, 1.54) is 66.0 Å². The van der Waals surface area contributed by atoms with Crippen LogP contribution in [0.3, 0.4) is 0 Å². The van der Waals surface area contributed by atoms with Crippen LogP contribution >= 0.6 is 0 Å². The van der Waals surface area contributed by atoms with Gasteiger partial charge in [-0.1, -0.05) is 73.2 Å². The Labute approximate surface area is 188 Å². The molecule has 0 bridgehead atoms. The average molecular weight is 444 g/mol. The Morgan fingerprint density at radius 2 is 1.93 bits per heavy atom. The first-order valence-electron chi connectivity index (χ1n) is 10.4. The number of unbranched alkanes of at least 4 members (excludes halogenated alkanes) is 1. The Morgan fingerprint density at radius 3 is 2.68 bits per heavy atom. The second-order valence-corrected chi connectivity index (χ2v) is 7.57. The van der Waals surface area contributed by atoms with Gasteiger partial charge >= 0.3 is 26.2 Å². The van der Waals surface area contributed by atoms with Crippen LogP contribution in [0.15, 0.2) is 72.3 Å². The molecule has 1 heteroatoms. The predicted molar refractivity (Wildman–Crippen MR) is 117 cm³/mol. The van der Waals surface area contributed by atoms with Gasteiger partial charge in [0.25, 0.3) is 0 Å². The molecule has 5 rings (SSSR count). The first kappa shape index (κ1) is 21.1. The van der Waals surface area contributed by atoms with Crippen molar-refractivity contribution in [1.82, 2.24) is 0 Å². The monoisotopic (exact) mass is 442 g/mol. The largest absolute Gasteiger partial charge is 2.00 e. The van der Waals surface area contributed by atoms with Gasteiger partial charge in [-0.3, -0.25) is 6.08 Å². The van der Waals surface area contributed by atoms with Gasteiger partial charge in [0, 0.05) is 0 Å². The molecule has 3 aromatic rings. The van der Waals surface area contributed by atoms with Crippen LogP contribution in [0.1, 0.15) is 50.2 Å². The molecule has 2 aliphatic rings. The third-order valence-electron chi connectivity index (χ3n) is 5.66. The second kappa shape index (κ2) is 10.3. The van der Waals surface area contributed by atoms with Crippen LogP contribution < -0.4 is 0 Å². The maximum absolute atomic E-state index is 3.16. The summed E-state index contributed by atoms with van der Waals surface area (Å²) in [5.74, 6) is 0. The smallest absolute Gasteiger partial charge is 0.273 e. The fraction of sp³-hybridized carbons (Fsp3) is 0.296. The zero-order valence-electron chi connectivity index (χ0n) is 16.8. The van der Waals surface area contributed by atoms with Gasteiger partial charge in [0.2, 0.25) is 0 Å². The van der Waals surface area contributed by atoms with Gasteiger partial charge in [-0.15, -0.1) is 29.3 Å². The molecule has 0 aliphatic heterocycles. The zero-order chi connectivity index (χ0) is 18.5. The number of fused-ring (bicyclic) bond motifs is 2. The van der Waals surface area contributed by atoms with Crippen molar-refractivity contribution in [3.63, 3.8) is 0 Å². The van der Waals surface area contributed by atoms with E-state index < -0.39 is 0 Å². The minimum atomic E-state index is 0. The predicted octanol–water partition coefficient (Wildman–Crippen LogP) is 7.58. The van der Waals surface area contributed by atoms with Gasteiger partial charge in [0.15, 0.2) is 0 Å². The number of benzene rings is 2. The van der Waals surface area contributed by atoms with Crippen molar-refractivity contribution in [2.24, 2.45) is 0 Å². The van der Waals surface area contributed by atoms with E-state index in [0.717, 1.165) is 6.42 Å². The van der Waals surface area contributed by atoms with Crippen molar-refractivity contribution in [1.29, 1.82) is 0 Å². The molecule has 0 spiro atoms. The topological polar surface area (TPSA) is 0 Å². The molecule has 2 aliphatic carbocycles. The summed E-state index contributed by atoms with van der Waals surface area (Å²) >= 11 is 0. The molecule has 0 radical (unpaired) electrons. The Hall–Kier alpha value is -1.59. The van der Waals surface area contributed by atoms with Gasteiger partial charge in [0.05, 0.1) is 0 Å². The summed E-state index contributed by atoms with van der Waals surface area (Å²) in [7, 11) is 0. The minimum absolute atomic E-state index is 0. The van der Waals surface area contributed by atoms with Crippen LogP contribution in [0.4, 0.5) is 0 Å². The molecule has 0 nitrogen and oxygen atoms in total. The van der Waals surface area contributed by atoms with Crippen LogP contribution in [-0.2, 0) is 39.0 Å². The number of aryl methyl sites for hydroxylation is 1. The van der Waals surface area contributed by atoms with E-state index in [1.807, 2.05) is 0 Å². The van der Waals surface area contributed by atoms with Crippen molar-refractivity contribution in [2.45, 2.75) is 51.9 Å². The van der Waals surface area contributed by atoms with Gasteiger partial charge in [-0.25, -0.2) is 11.6 Å². The number of hydrogen-bond acceptors (Lipinski definition) is 0. The summed E-state index contributed by atoms with van der Waals surface area (Å²) in [6, 6.07) is 19.9. The minimum Gasteiger partial charge on any atom is -0.273 e. The summed E-state index contributed by atoms with van der Waals surface area (Å²) in [6.07, 6.45) is 16.2. The van der Waals surface area contributed by atoms with Crippen LogP contribution in [0, 0.1) is 6.08 Å². The van der Waals surface area contributed by atoms with Gasteiger partial charge in [-0.05, 0) is 24.8 Å². The zero-order valence-corrected chi connectivity index (χ0v) is 19.3. The summed E-state index contributed by atoms with van der Waals surface area (Å²) in [5.41, 5.74) is 7.47. The maximum Gasteiger partial charge on any atom is 2.00 e. The van der Waals surface area contributed by atoms with Gasteiger partial charge in [0.1, 0.15) is 0 Å². The average Bonchev–Trinajstić information content (AvgIpc) is 3.46. The second-order valence-electron chi connectivity index (χ2n) is 7.57. The molecule has 0 fully saturated rings. The molecule has 0 heterocycles. The van der Waals surface area contributed by atoms with Crippen LogP contribution in [-0.4, -0.2) is 0 Å². The Bertz CT molecular complexity index is 957. The number of hydrogen-bond donors (Lipinski definition) is 0. The van der Waals surface area contributed by atoms with Crippen molar-refractivity contribution < 1.29 is 26.2 Å². The molecule has 0 amide bonds. The number of allylic oxidation sites excluding steroid dienone is 4. The molecule has 0 unspecified atom stereocenters. The summed E-state index contributed by atoms with van der Waals surface area (Å²) < 4.78 is 0. The molecular weight excluding hydrogens is 416 g/mol. The molecule has 0 saturated carbocycles. The van der Waals surface area contributed by atoms with E-state index in [2.05, 4.69) is 79.7 Å². The molecule has 28 heavy (non-hydrogen) atoms. The molecule has 0 aromatic heterocycles. The van der Waals surface area contributed by atoms with E-state index in [0.29, 0.717) is 0 Å². The SMILES string of the molecule is CCCCC1=CC[C-]=C1.[Zr+2].c1ccc(-c2c3c(cc4[cH-]ccc24)CCC3)cc1. The Kier molecular flexibility index (Phi) is 7.75. The van der Waals surface area contributed by atoms with Crippen LogP contribution in [0.2, 0.25) is 0 Å². The fourth-order valence-corrected chi connectivity index (χ4v) is 4.28.